The number of nitrogens with two attached hydrogens (primary N) is 1. The maximum atomic E-state index is 14.0. The van der Waals surface area contributed by atoms with E-state index < -0.39 is 88.7 Å². The molecule has 79 heavy (non-hydrogen) atoms. The zero-order chi connectivity index (χ0) is 58.8. The minimum Gasteiger partial charge on any atom is -0.462 e. The third-order valence-corrected chi connectivity index (χ3v) is 15.5. The van der Waals surface area contributed by atoms with E-state index in [1.54, 1.807) is 0 Å². The van der Waals surface area contributed by atoms with Crippen molar-refractivity contribution >= 4 is 69.3 Å². The third kappa shape index (κ3) is 48.4. The Morgan fingerprint density at radius 1 is 0.494 bits per heavy atom. The Bertz CT molecular complexity index is 1780. The normalized spacial score (nSPS) is 12.9. The first kappa shape index (κ1) is 75.0. The molecule has 0 radical (unpaired) electrons. The molecule has 4 atom stereocenters. The summed E-state index contributed by atoms with van der Waals surface area (Å²) in [7, 11) is -4.35. The van der Waals surface area contributed by atoms with Gasteiger partial charge in [-0.1, -0.05) is 201 Å². The summed E-state index contributed by atoms with van der Waals surface area (Å²) in [5.41, 5.74) is 5.19. The molecule has 0 aliphatic carbocycles. The molecule has 8 N–H and O–H groups in total. The van der Waals surface area contributed by atoms with Gasteiger partial charge in [-0.15, -0.1) is 0 Å². The van der Waals surface area contributed by atoms with Crippen LogP contribution in [0.4, 0.5) is 0 Å². The van der Waals surface area contributed by atoms with Gasteiger partial charge < -0.3 is 41.8 Å². The van der Waals surface area contributed by atoms with Crippen LogP contribution in [-0.4, -0.2) is 122 Å². The van der Waals surface area contributed by atoms with Gasteiger partial charge in [-0.3, -0.25) is 42.9 Å². The number of unbranched alkanes of at least 4 members (excludes halogenated alkanes) is 28. The number of esters is 2. The number of primary amides is 1. The Hall–Kier alpha value is -3.98. The van der Waals surface area contributed by atoms with E-state index in [2.05, 4.69) is 47.4 Å². The van der Waals surface area contributed by atoms with E-state index in [0.717, 1.165) is 64.2 Å². The molecule has 460 valence electrons. The predicted molar refractivity (Wildman–Crippen MR) is 314 cm³/mol. The second-order valence-corrected chi connectivity index (χ2v) is 23.9. The molecule has 0 fully saturated rings. The molecule has 0 aromatic heterocycles. The number of thioether (sulfide) groups is 1. The minimum absolute atomic E-state index is 0.00590. The molecule has 1 unspecified atom stereocenters. The van der Waals surface area contributed by atoms with Crippen LogP contribution in [-0.2, 0) is 57.9 Å². The molecule has 21 heteroatoms. The van der Waals surface area contributed by atoms with Crippen molar-refractivity contribution in [1.82, 2.24) is 26.6 Å². The van der Waals surface area contributed by atoms with Crippen molar-refractivity contribution in [2.24, 2.45) is 5.73 Å². The highest BCUT2D eigenvalue weighted by molar-refractivity contribution is 7.99. The molecule has 0 heterocycles. The second kappa shape index (κ2) is 50.9. The molecule has 0 spiro atoms. The number of nitrogens with one attached hydrogen (secondary N) is 5. The van der Waals surface area contributed by atoms with Crippen molar-refractivity contribution in [3.8, 4) is 0 Å². The first-order valence-electron chi connectivity index (χ1n) is 30.5. The van der Waals surface area contributed by atoms with Crippen molar-refractivity contribution in [2.75, 3.05) is 37.0 Å². The molecule has 0 aromatic carbocycles. The first-order chi connectivity index (χ1) is 37.9. The molecular weight excluding hydrogens is 1050 g/mol. The highest BCUT2D eigenvalue weighted by Crippen LogP contribution is 2.17. The maximum absolute atomic E-state index is 14.0. The average molecular weight is 1160 g/mol. The monoisotopic (exact) mass is 1160 g/mol. The number of hydrogen-bond donors (Lipinski definition) is 7. The van der Waals surface area contributed by atoms with Crippen molar-refractivity contribution in [3.05, 3.63) is 0 Å². The lowest BCUT2D eigenvalue weighted by molar-refractivity contribution is -0.157. The molecular formula is C58H108N6O13S2. The van der Waals surface area contributed by atoms with Crippen molar-refractivity contribution in [2.45, 2.75) is 283 Å². The van der Waals surface area contributed by atoms with Crippen molar-refractivity contribution < 1.29 is 60.8 Å². The summed E-state index contributed by atoms with van der Waals surface area (Å²) in [5.74, 6) is -5.75. The highest BCUT2D eigenvalue weighted by atomic mass is 32.2. The number of carbonyl (C=O) groups is 8. The number of amides is 6. The zero-order valence-corrected chi connectivity index (χ0v) is 50.9. The fourth-order valence-corrected chi connectivity index (χ4v) is 10.2. The molecule has 0 aromatic rings. The van der Waals surface area contributed by atoms with Crippen molar-refractivity contribution in [3.63, 3.8) is 0 Å². The van der Waals surface area contributed by atoms with Crippen LogP contribution >= 0.6 is 11.8 Å². The van der Waals surface area contributed by atoms with E-state index in [1.807, 2.05) is 0 Å². The van der Waals surface area contributed by atoms with Gasteiger partial charge >= 0.3 is 11.9 Å². The Labute approximate surface area is 480 Å². The Balaban J connectivity index is 5.96. The summed E-state index contributed by atoms with van der Waals surface area (Å²) < 4.78 is 42.6. The van der Waals surface area contributed by atoms with E-state index >= 15 is 0 Å². The lowest BCUT2D eigenvalue weighted by Crippen LogP contribution is -2.56. The molecule has 0 aliphatic rings. The molecule has 0 saturated carbocycles. The van der Waals surface area contributed by atoms with E-state index in [1.165, 1.54) is 134 Å². The maximum Gasteiger partial charge on any atom is 0.306 e. The van der Waals surface area contributed by atoms with Crippen LogP contribution in [0.3, 0.4) is 0 Å². The van der Waals surface area contributed by atoms with Gasteiger partial charge in [0.15, 0.2) is 0 Å². The summed E-state index contributed by atoms with van der Waals surface area (Å²) in [6, 6.07) is -3.85. The average Bonchev–Trinajstić information content (AvgIpc) is 3.40. The number of rotatable bonds is 55. The minimum atomic E-state index is -4.35. The summed E-state index contributed by atoms with van der Waals surface area (Å²) >= 11 is 1.21. The quantitative estimate of drug-likeness (QED) is 0.0170. The molecule has 19 nitrogen and oxygen atoms in total. The molecule has 0 bridgehead atoms. The van der Waals surface area contributed by atoms with Crippen LogP contribution in [0, 0.1) is 0 Å². The van der Waals surface area contributed by atoms with Gasteiger partial charge in [0.05, 0.1) is 12.3 Å². The largest absolute Gasteiger partial charge is 0.462 e. The van der Waals surface area contributed by atoms with Crippen LogP contribution in [0.2, 0.25) is 0 Å². The lowest BCUT2D eigenvalue weighted by atomic mass is 10.0. The van der Waals surface area contributed by atoms with Gasteiger partial charge in [-0.2, -0.15) is 20.2 Å². The fourth-order valence-electron chi connectivity index (χ4n) is 8.77. The van der Waals surface area contributed by atoms with Crippen LogP contribution < -0.4 is 32.3 Å². The molecule has 0 aliphatic heterocycles. The second-order valence-electron chi connectivity index (χ2n) is 21.3. The van der Waals surface area contributed by atoms with Crippen LogP contribution in [0.1, 0.15) is 259 Å². The van der Waals surface area contributed by atoms with Gasteiger partial charge in [0.1, 0.15) is 30.8 Å². The summed E-state index contributed by atoms with van der Waals surface area (Å²) in [6.45, 7) is 6.82. The Kier molecular flexibility index (Phi) is 48.4. The summed E-state index contributed by atoms with van der Waals surface area (Å²) in [4.78, 5) is 104. The number of carbonyl (C=O) groups excluding carboxylic acids is 8. The van der Waals surface area contributed by atoms with E-state index in [9.17, 15) is 46.8 Å². The molecule has 0 rings (SSSR count). The Morgan fingerprint density at radius 2 is 0.937 bits per heavy atom. The van der Waals surface area contributed by atoms with Gasteiger partial charge in [-0.05, 0) is 32.6 Å². The summed E-state index contributed by atoms with van der Waals surface area (Å²) in [5, 5.41) is 12.5. The van der Waals surface area contributed by atoms with Gasteiger partial charge in [0, 0.05) is 43.7 Å². The predicted octanol–water partition coefficient (Wildman–Crippen LogP) is 9.36. The molecule has 0 saturated heterocycles. The lowest BCUT2D eigenvalue weighted by Gasteiger charge is -2.24. The van der Waals surface area contributed by atoms with E-state index in [4.69, 9.17) is 19.8 Å². The van der Waals surface area contributed by atoms with E-state index in [0.29, 0.717) is 19.3 Å². The Morgan fingerprint density at radius 3 is 1.39 bits per heavy atom. The van der Waals surface area contributed by atoms with Crippen molar-refractivity contribution in [1.29, 1.82) is 0 Å². The van der Waals surface area contributed by atoms with E-state index in [-0.39, 0.29) is 62.1 Å². The third-order valence-electron chi connectivity index (χ3n) is 13.6. The number of hydrogen-bond acceptors (Lipinski definition) is 13. The zero-order valence-electron chi connectivity index (χ0n) is 49.2. The standard InChI is InChI=1S/C58H108N6O13S2/c1-5-8-11-14-17-20-21-22-23-26-27-30-33-36-53(67)63-50(58(72)62-47(4)56(70)64-49(57(71)61-43-51(59)65)39-40-52(66)60-41-42-79(73,74)75)46-78-45-48(77-55(69)38-35-32-29-25-19-16-13-10-7-3)44-76-54(68)37-34-31-28-24-18-15-12-9-6-2/h47-50H,5-46H2,1-4H3,(H2,59,65)(H,60,66)(H,61,71)(H,62,72)(H,63,67)(H,64,70)(H,73,74,75)/t47-,48?,49+,50-/m0/s1. The SMILES string of the molecule is CCCCCCCCCCCCCCCC(=O)N[C@@H](CSCC(COC(=O)CCCCCCCCCCC)OC(=O)CCCCCCCCCCC)C(=O)N[C@@H](C)C(=O)N[C@H](CCC(=O)NCCS(=O)(=O)O)C(=O)NCC(N)=O. The van der Waals surface area contributed by atoms with Gasteiger partial charge in [-0.25, -0.2) is 0 Å². The highest BCUT2D eigenvalue weighted by Gasteiger charge is 2.29. The van der Waals surface area contributed by atoms with Crippen LogP contribution in [0.25, 0.3) is 0 Å². The topological polar surface area (TPSA) is 296 Å². The van der Waals surface area contributed by atoms with Gasteiger partial charge in [0.25, 0.3) is 10.1 Å². The van der Waals surface area contributed by atoms with Gasteiger partial charge in [0.2, 0.25) is 35.4 Å². The summed E-state index contributed by atoms with van der Waals surface area (Å²) in [6.07, 6.45) is 33.6. The van der Waals surface area contributed by atoms with Crippen LogP contribution in [0.5, 0.6) is 0 Å². The smallest absolute Gasteiger partial charge is 0.306 e. The molecule has 6 amide bonds. The van der Waals surface area contributed by atoms with Crippen LogP contribution in [0.15, 0.2) is 0 Å². The fraction of sp³-hybridized carbons (Fsp3) is 0.862. The first-order valence-corrected chi connectivity index (χ1v) is 33.3. The number of ether oxygens (including phenoxy) is 2.